The molecule has 1 atom stereocenters. The molecule has 19 heavy (non-hydrogen) atoms. The Kier molecular flexibility index (Phi) is 4.19. The number of hydrogen-bond donors (Lipinski definition) is 2. The van der Waals surface area contributed by atoms with Crippen LogP contribution in [0.1, 0.15) is 19.3 Å². The Morgan fingerprint density at radius 2 is 2.16 bits per heavy atom. The van der Waals surface area contributed by atoms with Crippen LogP contribution in [-0.4, -0.2) is 53.2 Å². The van der Waals surface area contributed by atoms with E-state index in [9.17, 15) is 13.5 Å². The second kappa shape index (κ2) is 5.54. The van der Waals surface area contributed by atoms with Crippen LogP contribution in [0.2, 0.25) is 0 Å². The molecule has 1 aliphatic rings. The second-order valence-corrected chi connectivity index (χ2v) is 6.77. The molecule has 0 aliphatic carbocycles. The van der Waals surface area contributed by atoms with Crippen LogP contribution in [0.25, 0.3) is 0 Å². The Morgan fingerprint density at radius 3 is 2.79 bits per heavy atom. The molecule has 0 amide bonds. The van der Waals surface area contributed by atoms with Gasteiger partial charge < -0.3 is 10.2 Å². The second-order valence-electron chi connectivity index (χ2n) is 4.83. The normalized spacial score (nSPS) is 26.0. The number of aromatic nitrogens is 1. The van der Waals surface area contributed by atoms with Crippen molar-refractivity contribution in [1.82, 2.24) is 9.29 Å². The van der Waals surface area contributed by atoms with Crippen molar-refractivity contribution in [2.24, 2.45) is 0 Å². The van der Waals surface area contributed by atoms with Gasteiger partial charge in [0.15, 0.2) is 0 Å². The first kappa shape index (κ1) is 14.4. The molecule has 0 saturated carbocycles. The van der Waals surface area contributed by atoms with Crippen LogP contribution in [-0.2, 0) is 10.0 Å². The smallest absolute Gasteiger partial charge is 0.244 e. The van der Waals surface area contributed by atoms with Gasteiger partial charge in [0, 0.05) is 25.5 Å². The summed E-state index contributed by atoms with van der Waals surface area (Å²) in [5.41, 5.74) is -1.17. The summed E-state index contributed by atoms with van der Waals surface area (Å²) in [6.45, 7) is 0.210. The van der Waals surface area contributed by atoms with Crippen molar-refractivity contribution in [3.8, 4) is 0 Å². The molecule has 7 heteroatoms. The molecule has 2 N–H and O–H groups in total. The number of nitrogens with zero attached hydrogens (tertiary/aromatic N) is 2. The number of aliphatic hydroxyl groups excluding tert-OH is 1. The largest absolute Gasteiger partial charge is 0.393 e. The fourth-order valence-electron chi connectivity index (χ4n) is 2.20. The van der Waals surface area contributed by atoms with Gasteiger partial charge in [0.2, 0.25) is 10.0 Å². The molecule has 1 aromatic heterocycles. The SMILES string of the molecule is O=S(=O)(c1cccnc1)N1CCCC(O)(CO)CC1. The van der Waals surface area contributed by atoms with Crippen LogP contribution < -0.4 is 0 Å². The lowest BCUT2D eigenvalue weighted by Gasteiger charge is -2.24. The summed E-state index contributed by atoms with van der Waals surface area (Å²) in [5.74, 6) is 0. The summed E-state index contributed by atoms with van der Waals surface area (Å²) in [6.07, 6.45) is 4.01. The molecule has 0 aromatic carbocycles. The first-order valence-electron chi connectivity index (χ1n) is 6.21. The van der Waals surface area contributed by atoms with Crippen LogP contribution in [0.15, 0.2) is 29.4 Å². The van der Waals surface area contributed by atoms with Gasteiger partial charge in [-0.1, -0.05) is 0 Å². The maximum Gasteiger partial charge on any atom is 0.244 e. The van der Waals surface area contributed by atoms with Crippen molar-refractivity contribution < 1.29 is 18.6 Å². The molecular formula is C12H18N2O4S. The summed E-state index contributed by atoms with van der Waals surface area (Å²) in [5, 5.41) is 19.2. The van der Waals surface area contributed by atoms with Crippen LogP contribution >= 0.6 is 0 Å². The van der Waals surface area contributed by atoms with Gasteiger partial charge in [-0.15, -0.1) is 0 Å². The summed E-state index contributed by atoms with van der Waals surface area (Å²) in [7, 11) is -3.57. The predicted molar refractivity (Wildman–Crippen MR) is 68.9 cm³/mol. The maximum atomic E-state index is 12.4. The Bertz CT molecular complexity index is 520. The van der Waals surface area contributed by atoms with E-state index < -0.39 is 15.6 Å². The van der Waals surface area contributed by atoms with Crippen molar-refractivity contribution in [2.75, 3.05) is 19.7 Å². The van der Waals surface area contributed by atoms with E-state index >= 15 is 0 Å². The minimum Gasteiger partial charge on any atom is -0.393 e. The Morgan fingerprint density at radius 1 is 1.37 bits per heavy atom. The molecule has 6 nitrogen and oxygen atoms in total. The van der Waals surface area contributed by atoms with Gasteiger partial charge in [0.1, 0.15) is 4.90 Å². The fourth-order valence-corrected chi connectivity index (χ4v) is 3.65. The zero-order valence-corrected chi connectivity index (χ0v) is 11.4. The lowest BCUT2D eigenvalue weighted by Crippen LogP contribution is -2.36. The van der Waals surface area contributed by atoms with E-state index in [1.165, 1.54) is 22.8 Å². The molecule has 2 heterocycles. The minimum atomic E-state index is -3.57. The Balaban J connectivity index is 2.19. The predicted octanol–water partition coefficient (Wildman–Crippen LogP) is -0.0204. The molecule has 1 aromatic rings. The first-order valence-corrected chi connectivity index (χ1v) is 7.65. The lowest BCUT2D eigenvalue weighted by atomic mass is 9.96. The van der Waals surface area contributed by atoms with Gasteiger partial charge in [-0.05, 0) is 31.4 Å². The molecule has 1 aliphatic heterocycles. The van der Waals surface area contributed by atoms with E-state index in [-0.39, 0.29) is 24.5 Å². The maximum absolute atomic E-state index is 12.4. The lowest BCUT2D eigenvalue weighted by molar-refractivity contribution is -0.0244. The standard InChI is InChI=1S/C12H18N2O4S/c15-10-12(16)4-2-7-14(8-5-12)19(17,18)11-3-1-6-13-9-11/h1,3,6,9,15-16H,2,4-5,7-8,10H2. The summed E-state index contributed by atoms with van der Waals surface area (Å²) in [6, 6.07) is 3.08. The van der Waals surface area contributed by atoms with Crippen molar-refractivity contribution >= 4 is 10.0 Å². The molecule has 1 fully saturated rings. The topological polar surface area (TPSA) is 90.7 Å². The zero-order valence-electron chi connectivity index (χ0n) is 10.6. The quantitative estimate of drug-likeness (QED) is 0.815. The van der Waals surface area contributed by atoms with Crippen molar-refractivity contribution in [3.05, 3.63) is 24.5 Å². The van der Waals surface area contributed by atoms with E-state index in [1.54, 1.807) is 6.07 Å². The van der Waals surface area contributed by atoms with Crippen molar-refractivity contribution in [1.29, 1.82) is 0 Å². The Labute approximate surface area is 112 Å². The third-order valence-corrected chi connectivity index (χ3v) is 5.32. The number of sulfonamides is 1. The van der Waals surface area contributed by atoms with Gasteiger partial charge in [0.05, 0.1) is 12.2 Å². The average molecular weight is 286 g/mol. The first-order chi connectivity index (χ1) is 8.98. The van der Waals surface area contributed by atoms with E-state index in [0.717, 1.165) is 0 Å². The molecule has 0 radical (unpaired) electrons. The molecule has 0 bridgehead atoms. The van der Waals surface area contributed by atoms with Crippen molar-refractivity contribution in [2.45, 2.75) is 29.8 Å². The van der Waals surface area contributed by atoms with E-state index in [2.05, 4.69) is 4.98 Å². The van der Waals surface area contributed by atoms with E-state index in [0.29, 0.717) is 19.4 Å². The third-order valence-electron chi connectivity index (χ3n) is 3.44. The van der Waals surface area contributed by atoms with Crippen LogP contribution in [0.3, 0.4) is 0 Å². The highest BCUT2D eigenvalue weighted by molar-refractivity contribution is 7.89. The summed E-state index contributed by atoms with van der Waals surface area (Å²) < 4.78 is 26.1. The number of aliphatic hydroxyl groups is 2. The zero-order chi connectivity index (χ0) is 13.9. The van der Waals surface area contributed by atoms with Crippen LogP contribution in [0.4, 0.5) is 0 Å². The van der Waals surface area contributed by atoms with Crippen LogP contribution in [0.5, 0.6) is 0 Å². The highest BCUT2D eigenvalue weighted by atomic mass is 32.2. The minimum absolute atomic E-state index is 0.157. The summed E-state index contributed by atoms with van der Waals surface area (Å²) in [4.78, 5) is 3.98. The van der Waals surface area contributed by atoms with Crippen molar-refractivity contribution in [3.63, 3.8) is 0 Å². The molecule has 1 saturated heterocycles. The van der Waals surface area contributed by atoms with Gasteiger partial charge in [0.25, 0.3) is 0 Å². The van der Waals surface area contributed by atoms with E-state index in [1.807, 2.05) is 0 Å². The Hall–Kier alpha value is -1.02. The number of hydrogen-bond acceptors (Lipinski definition) is 5. The van der Waals surface area contributed by atoms with E-state index in [4.69, 9.17) is 5.11 Å². The average Bonchev–Trinajstić information content (AvgIpc) is 2.63. The summed E-state index contributed by atoms with van der Waals surface area (Å²) >= 11 is 0. The van der Waals surface area contributed by atoms with Gasteiger partial charge in [-0.2, -0.15) is 4.31 Å². The molecule has 1 unspecified atom stereocenters. The third kappa shape index (κ3) is 3.11. The molecule has 0 spiro atoms. The number of pyridine rings is 1. The highest BCUT2D eigenvalue weighted by Crippen LogP contribution is 2.25. The van der Waals surface area contributed by atoms with Gasteiger partial charge in [-0.3, -0.25) is 4.98 Å². The van der Waals surface area contributed by atoms with Gasteiger partial charge in [-0.25, -0.2) is 8.42 Å². The monoisotopic (exact) mass is 286 g/mol. The number of rotatable bonds is 3. The van der Waals surface area contributed by atoms with Gasteiger partial charge >= 0.3 is 0 Å². The fraction of sp³-hybridized carbons (Fsp3) is 0.583. The molecule has 106 valence electrons. The van der Waals surface area contributed by atoms with Crippen LogP contribution in [0, 0.1) is 0 Å². The highest BCUT2D eigenvalue weighted by Gasteiger charge is 2.33. The molecular weight excluding hydrogens is 268 g/mol. The molecule has 2 rings (SSSR count).